The fraction of sp³-hybridized carbons (Fsp3) is 0.286. The van der Waals surface area contributed by atoms with Crippen LogP contribution in [0, 0.1) is 20.8 Å². The molecule has 0 bridgehead atoms. The summed E-state index contributed by atoms with van der Waals surface area (Å²) in [5, 5.41) is 11.2. The summed E-state index contributed by atoms with van der Waals surface area (Å²) in [5.74, 6) is 0.976. The Morgan fingerprint density at radius 1 is 1.11 bits per heavy atom. The van der Waals surface area contributed by atoms with Gasteiger partial charge in [0.05, 0.1) is 7.05 Å². The van der Waals surface area contributed by atoms with Gasteiger partial charge in [-0.15, -0.1) is 10.2 Å². The van der Waals surface area contributed by atoms with E-state index < -0.39 is 0 Å². The van der Waals surface area contributed by atoms with Crippen molar-refractivity contribution in [3.63, 3.8) is 0 Å². The van der Waals surface area contributed by atoms with Crippen molar-refractivity contribution in [2.45, 2.75) is 27.3 Å². The number of carbonyl (C=O) groups is 1. The van der Waals surface area contributed by atoms with Crippen LogP contribution in [0.5, 0.6) is 0 Å². The summed E-state index contributed by atoms with van der Waals surface area (Å²) < 4.78 is 5.76. The molecule has 1 aromatic heterocycles. The smallest absolute Gasteiger partial charge is 0.279 e. The number of amides is 1. The van der Waals surface area contributed by atoms with E-state index in [1.54, 1.807) is 0 Å². The monoisotopic (exact) mass is 365 g/mol. The first-order valence-corrected chi connectivity index (χ1v) is 8.99. The molecule has 3 aromatic rings. The molecule has 27 heavy (non-hydrogen) atoms. The number of quaternary nitrogens is 1. The molecule has 1 heterocycles. The van der Waals surface area contributed by atoms with Crippen LogP contribution in [0.15, 0.2) is 46.9 Å². The van der Waals surface area contributed by atoms with Crippen LogP contribution in [0.1, 0.15) is 22.6 Å². The third-order valence-electron chi connectivity index (χ3n) is 4.53. The lowest BCUT2D eigenvalue weighted by atomic mass is 10.1. The van der Waals surface area contributed by atoms with Crippen LogP contribution in [-0.4, -0.2) is 29.7 Å². The second-order valence-corrected chi connectivity index (χ2v) is 6.98. The Labute approximate surface area is 159 Å². The van der Waals surface area contributed by atoms with E-state index >= 15 is 0 Å². The van der Waals surface area contributed by atoms with Crippen molar-refractivity contribution >= 4 is 11.6 Å². The molecule has 3 rings (SSSR count). The van der Waals surface area contributed by atoms with Crippen LogP contribution in [0.3, 0.4) is 0 Å². The second-order valence-electron chi connectivity index (χ2n) is 6.98. The number of benzene rings is 2. The van der Waals surface area contributed by atoms with E-state index in [9.17, 15) is 4.79 Å². The quantitative estimate of drug-likeness (QED) is 0.703. The minimum Gasteiger partial charge on any atom is -0.415 e. The van der Waals surface area contributed by atoms with Crippen molar-refractivity contribution < 1.29 is 14.1 Å². The minimum absolute atomic E-state index is 0.0420. The molecule has 140 valence electrons. The number of hydrogen-bond acceptors (Lipinski definition) is 4. The van der Waals surface area contributed by atoms with E-state index in [4.69, 9.17) is 4.42 Å². The highest BCUT2D eigenvalue weighted by Crippen LogP contribution is 2.19. The summed E-state index contributed by atoms with van der Waals surface area (Å²) in [6.07, 6.45) is 0. The van der Waals surface area contributed by atoms with Crippen molar-refractivity contribution in [3.8, 4) is 11.5 Å². The number of likely N-dealkylation sites (N-methyl/N-ethyl adjacent to an activating group) is 1. The summed E-state index contributed by atoms with van der Waals surface area (Å²) in [6.45, 7) is 6.86. The normalized spacial score (nSPS) is 12.0. The number of rotatable bonds is 6. The van der Waals surface area contributed by atoms with Gasteiger partial charge in [0, 0.05) is 11.3 Å². The lowest BCUT2D eigenvalue weighted by molar-refractivity contribution is -0.886. The van der Waals surface area contributed by atoms with Gasteiger partial charge in [0.2, 0.25) is 5.89 Å². The summed E-state index contributed by atoms with van der Waals surface area (Å²) in [5.41, 5.74) is 5.13. The SMILES string of the molecule is Cc1cccc(-c2nnc(C[NH+](C)CC(=O)Nc3cccc(C)c3C)o2)c1. The Morgan fingerprint density at radius 3 is 2.67 bits per heavy atom. The van der Waals surface area contributed by atoms with Gasteiger partial charge in [0.1, 0.15) is 0 Å². The zero-order valence-electron chi connectivity index (χ0n) is 16.2. The average molecular weight is 365 g/mol. The van der Waals surface area contributed by atoms with E-state index in [2.05, 4.69) is 15.5 Å². The number of anilines is 1. The van der Waals surface area contributed by atoms with E-state index in [1.807, 2.05) is 70.3 Å². The molecule has 1 amide bonds. The average Bonchev–Trinajstić information content (AvgIpc) is 3.07. The van der Waals surface area contributed by atoms with Crippen LogP contribution >= 0.6 is 0 Å². The van der Waals surface area contributed by atoms with Crippen molar-refractivity contribution in [2.75, 3.05) is 18.9 Å². The van der Waals surface area contributed by atoms with Crippen LogP contribution < -0.4 is 10.2 Å². The lowest BCUT2D eigenvalue weighted by Gasteiger charge is -2.13. The Morgan fingerprint density at radius 2 is 1.89 bits per heavy atom. The lowest BCUT2D eigenvalue weighted by Crippen LogP contribution is -3.08. The predicted molar refractivity (Wildman–Crippen MR) is 104 cm³/mol. The molecule has 0 aliphatic carbocycles. The number of carbonyl (C=O) groups excluding carboxylic acids is 1. The minimum atomic E-state index is -0.0420. The molecular formula is C21H25N4O2+. The molecule has 0 aliphatic heterocycles. The van der Waals surface area contributed by atoms with Gasteiger partial charge in [0.15, 0.2) is 13.1 Å². The molecule has 6 heteroatoms. The van der Waals surface area contributed by atoms with Gasteiger partial charge in [-0.3, -0.25) is 4.79 Å². The summed E-state index contributed by atoms with van der Waals surface area (Å²) in [7, 11) is 1.93. The topological polar surface area (TPSA) is 72.5 Å². The maximum atomic E-state index is 12.3. The van der Waals surface area contributed by atoms with Gasteiger partial charge in [0.25, 0.3) is 11.8 Å². The molecule has 0 saturated heterocycles. The fourth-order valence-electron chi connectivity index (χ4n) is 2.90. The zero-order valence-corrected chi connectivity index (χ0v) is 16.2. The van der Waals surface area contributed by atoms with Crippen molar-refractivity contribution in [1.29, 1.82) is 0 Å². The number of aryl methyl sites for hydroxylation is 2. The molecule has 0 fully saturated rings. The summed E-state index contributed by atoms with van der Waals surface area (Å²) in [6, 6.07) is 13.8. The first kappa shape index (κ1) is 18.8. The molecule has 6 nitrogen and oxygen atoms in total. The van der Waals surface area contributed by atoms with Gasteiger partial charge in [-0.25, -0.2) is 0 Å². The number of aromatic nitrogens is 2. The molecule has 2 aromatic carbocycles. The zero-order chi connectivity index (χ0) is 19.4. The highest BCUT2D eigenvalue weighted by Gasteiger charge is 2.16. The fourth-order valence-corrected chi connectivity index (χ4v) is 2.90. The first-order chi connectivity index (χ1) is 12.9. The summed E-state index contributed by atoms with van der Waals surface area (Å²) >= 11 is 0. The maximum Gasteiger partial charge on any atom is 0.279 e. The summed E-state index contributed by atoms with van der Waals surface area (Å²) in [4.78, 5) is 13.3. The van der Waals surface area contributed by atoms with E-state index in [-0.39, 0.29) is 5.91 Å². The number of nitrogens with zero attached hydrogens (tertiary/aromatic N) is 2. The third kappa shape index (κ3) is 4.80. The predicted octanol–water partition coefficient (Wildman–Crippen LogP) is 2.32. The van der Waals surface area contributed by atoms with E-state index in [0.29, 0.717) is 24.9 Å². The molecule has 1 unspecified atom stereocenters. The molecule has 1 atom stereocenters. The number of hydrogen-bond donors (Lipinski definition) is 2. The van der Waals surface area contributed by atoms with E-state index in [0.717, 1.165) is 32.8 Å². The molecule has 2 N–H and O–H groups in total. The van der Waals surface area contributed by atoms with Gasteiger partial charge in [-0.05, 0) is 50.1 Å². The molecule has 0 radical (unpaired) electrons. The van der Waals surface area contributed by atoms with Gasteiger partial charge >= 0.3 is 0 Å². The molecule has 0 spiro atoms. The van der Waals surface area contributed by atoms with Crippen LogP contribution in [0.2, 0.25) is 0 Å². The third-order valence-corrected chi connectivity index (χ3v) is 4.53. The van der Waals surface area contributed by atoms with Crippen molar-refractivity contribution in [3.05, 3.63) is 65.0 Å². The first-order valence-electron chi connectivity index (χ1n) is 8.99. The molecule has 0 saturated carbocycles. The molecular weight excluding hydrogens is 340 g/mol. The van der Waals surface area contributed by atoms with E-state index in [1.165, 1.54) is 0 Å². The Balaban J connectivity index is 1.58. The number of nitrogens with one attached hydrogen (secondary N) is 2. The standard InChI is InChI=1S/C21H24N4O2/c1-14-7-5-9-17(11-14)21-24-23-20(27-21)13-25(4)12-19(26)22-18-10-6-8-15(2)16(18)3/h5-11H,12-13H2,1-4H3,(H,22,26)/p+1. The van der Waals surface area contributed by atoms with Gasteiger partial charge in [-0.2, -0.15) is 0 Å². The highest BCUT2D eigenvalue weighted by molar-refractivity contribution is 5.92. The van der Waals surface area contributed by atoms with Gasteiger partial charge < -0.3 is 14.6 Å². The highest BCUT2D eigenvalue weighted by atomic mass is 16.4. The Kier molecular flexibility index (Phi) is 5.66. The van der Waals surface area contributed by atoms with Crippen molar-refractivity contribution in [2.24, 2.45) is 0 Å². The Bertz CT molecular complexity index is 949. The molecule has 0 aliphatic rings. The van der Waals surface area contributed by atoms with Gasteiger partial charge in [-0.1, -0.05) is 29.8 Å². The second kappa shape index (κ2) is 8.14. The van der Waals surface area contributed by atoms with Crippen LogP contribution in [-0.2, 0) is 11.3 Å². The Hall–Kier alpha value is -2.99. The van der Waals surface area contributed by atoms with Crippen molar-refractivity contribution in [1.82, 2.24) is 10.2 Å². The largest absolute Gasteiger partial charge is 0.415 e. The van der Waals surface area contributed by atoms with Crippen LogP contribution in [0.4, 0.5) is 5.69 Å². The van der Waals surface area contributed by atoms with Crippen LogP contribution in [0.25, 0.3) is 11.5 Å². The maximum absolute atomic E-state index is 12.3.